The average molecular weight is 245 g/mol. The molecule has 0 unspecified atom stereocenters. The molecule has 0 atom stereocenters. The highest BCUT2D eigenvalue weighted by Crippen LogP contribution is 2.26. The molecule has 2 rings (SSSR count). The Bertz CT molecular complexity index is 653. The van der Waals surface area contributed by atoms with Gasteiger partial charge in [-0.15, -0.1) is 0 Å². The molecule has 0 N–H and O–H groups in total. The van der Waals surface area contributed by atoms with Gasteiger partial charge in [-0.2, -0.15) is 0 Å². The molecular weight excluding hydrogens is 230 g/mol. The van der Waals surface area contributed by atoms with Crippen molar-refractivity contribution in [3.8, 4) is 0 Å². The monoisotopic (exact) mass is 245 g/mol. The van der Waals surface area contributed by atoms with E-state index in [2.05, 4.69) is 10.8 Å². The summed E-state index contributed by atoms with van der Waals surface area (Å²) in [6.45, 7) is 3.95. The summed E-state index contributed by atoms with van der Waals surface area (Å²) < 4.78 is 6.35. The Balaban J connectivity index is 2.74. The zero-order valence-corrected chi connectivity index (χ0v) is 10.9. The molecule has 0 saturated carbocycles. The minimum absolute atomic E-state index is 0.395. The molecule has 0 saturated heterocycles. The fourth-order valence-corrected chi connectivity index (χ4v) is 2.34. The number of fused-ring (bicyclic) bond motifs is 1. The lowest BCUT2D eigenvalue weighted by molar-refractivity contribution is -0.135. The molecule has 1 aromatic carbocycles. The van der Waals surface area contributed by atoms with Crippen LogP contribution in [-0.4, -0.2) is 23.4 Å². The van der Waals surface area contributed by atoms with Crippen molar-refractivity contribution in [2.75, 3.05) is 7.11 Å². The van der Waals surface area contributed by atoms with E-state index >= 15 is 0 Å². The molecule has 4 nitrogen and oxygen atoms in total. The molecular formula is C14H15NO3. The van der Waals surface area contributed by atoms with E-state index in [9.17, 15) is 9.59 Å². The van der Waals surface area contributed by atoms with E-state index in [1.165, 1.54) is 7.11 Å². The Morgan fingerprint density at radius 1 is 1.22 bits per heavy atom. The second-order valence-electron chi connectivity index (χ2n) is 4.45. The smallest absolute Gasteiger partial charge is 0.379 e. The number of carbonyl (C=O) groups excluding carboxylic acids is 2. The largest absolute Gasteiger partial charge is 0.463 e. The Morgan fingerprint density at radius 2 is 1.89 bits per heavy atom. The number of nitrogens with zero attached hydrogens (tertiary/aromatic N) is 1. The van der Waals surface area contributed by atoms with Crippen LogP contribution in [0, 0.1) is 13.8 Å². The maximum atomic E-state index is 11.9. The molecule has 0 fully saturated rings. The Morgan fingerprint density at radius 3 is 2.50 bits per heavy atom. The molecule has 0 bridgehead atoms. The lowest BCUT2D eigenvalue weighted by atomic mass is 10.0. The van der Waals surface area contributed by atoms with Crippen LogP contribution in [0.15, 0.2) is 18.3 Å². The van der Waals surface area contributed by atoms with Crippen LogP contribution in [-0.2, 0) is 16.6 Å². The second kappa shape index (κ2) is 4.29. The van der Waals surface area contributed by atoms with Crippen LogP contribution >= 0.6 is 0 Å². The van der Waals surface area contributed by atoms with Gasteiger partial charge in [-0.05, 0) is 25.5 Å². The van der Waals surface area contributed by atoms with Crippen LogP contribution in [0.25, 0.3) is 10.9 Å². The molecule has 0 amide bonds. The number of carbonyl (C=O) groups is 2. The van der Waals surface area contributed by atoms with Crippen LogP contribution in [0.1, 0.15) is 21.5 Å². The van der Waals surface area contributed by atoms with E-state index < -0.39 is 11.8 Å². The van der Waals surface area contributed by atoms with Gasteiger partial charge in [0.2, 0.25) is 0 Å². The predicted octanol–water partition coefficient (Wildman–Crippen LogP) is 2.15. The Kier molecular flexibility index (Phi) is 2.95. The minimum atomic E-state index is -0.832. The summed E-state index contributed by atoms with van der Waals surface area (Å²) in [5.41, 5.74) is 3.50. The first-order valence-corrected chi connectivity index (χ1v) is 5.64. The van der Waals surface area contributed by atoms with Crippen molar-refractivity contribution in [2.45, 2.75) is 13.8 Å². The lowest BCUT2D eigenvalue weighted by Gasteiger charge is -2.03. The minimum Gasteiger partial charge on any atom is -0.463 e. The third-order valence-electron chi connectivity index (χ3n) is 3.03. The van der Waals surface area contributed by atoms with E-state index in [0.717, 1.165) is 22.0 Å². The number of rotatable bonds is 2. The van der Waals surface area contributed by atoms with Crippen molar-refractivity contribution >= 4 is 22.7 Å². The van der Waals surface area contributed by atoms with Gasteiger partial charge in [0.05, 0.1) is 18.2 Å². The summed E-state index contributed by atoms with van der Waals surface area (Å²) in [6, 6.07) is 3.97. The summed E-state index contributed by atoms with van der Waals surface area (Å²) in [7, 11) is 3.07. The fraction of sp³-hybridized carbons (Fsp3) is 0.286. The van der Waals surface area contributed by atoms with Gasteiger partial charge in [-0.3, -0.25) is 4.79 Å². The molecule has 0 aliphatic carbocycles. The third-order valence-corrected chi connectivity index (χ3v) is 3.03. The van der Waals surface area contributed by atoms with Crippen LogP contribution in [0.4, 0.5) is 0 Å². The van der Waals surface area contributed by atoms with Crippen molar-refractivity contribution in [3.05, 3.63) is 35.0 Å². The molecule has 0 radical (unpaired) electrons. The number of esters is 1. The zero-order valence-electron chi connectivity index (χ0n) is 10.9. The van der Waals surface area contributed by atoms with Crippen molar-refractivity contribution in [3.63, 3.8) is 0 Å². The summed E-state index contributed by atoms with van der Waals surface area (Å²) >= 11 is 0. The van der Waals surface area contributed by atoms with Crippen LogP contribution in [0.5, 0.6) is 0 Å². The normalized spacial score (nSPS) is 10.7. The highest BCUT2D eigenvalue weighted by Gasteiger charge is 2.22. The summed E-state index contributed by atoms with van der Waals surface area (Å²) in [4.78, 5) is 23.3. The number of ketones is 1. The van der Waals surface area contributed by atoms with Crippen molar-refractivity contribution in [1.82, 2.24) is 4.57 Å². The van der Waals surface area contributed by atoms with Gasteiger partial charge in [0, 0.05) is 18.6 Å². The first-order valence-electron chi connectivity index (χ1n) is 5.64. The number of benzene rings is 1. The SMILES string of the molecule is COC(=O)C(=O)c1cn(C)c2c(C)cc(C)cc12. The molecule has 0 spiro atoms. The zero-order chi connectivity index (χ0) is 13.4. The maximum Gasteiger partial charge on any atom is 0.379 e. The van der Waals surface area contributed by atoms with Gasteiger partial charge in [0.25, 0.3) is 5.78 Å². The number of aromatic nitrogens is 1. The van der Waals surface area contributed by atoms with Crippen LogP contribution < -0.4 is 0 Å². The third kappa shape index (κ3) is 1.79. The van der Waals surface area contributed by atoms with E-state index in [-0.39, 0.29) is 0 Å². The summed E-state index contributed by atoms with van der Waals surface area (Å²) in [5, 5.41) is 0.797. The lowest BCUT2D eigenvalue weighted by Crippen LogP contribution is -2.15. The van der Waals surface area contributed by atoms with Gasteiger partial charge in [-0.1, -0.05) is 11.6 Å². The molecule has 0 aliphatic heterocycles. The highest BCUT2D eigenvalue weighted by atomic mass is 16.5. The van der Waals surface area contributed by atoms with E-state index in [4.69, 9.17) is 0 Å². The second-order valence-corrected chi connectivity index (χ2v) is 4.45. The quantitative estimate of drug-likeness (QED) is 0.462. The van der Waals surface area contributed by atoms with Gasteiger partial charge in [-0.25, -0.2) is 4.79 Å². The molecule has 18 heavy (non-hydrogen) atoms. The average Bonchev–Trinajstić information content (AvgIpc) is 2.64. The molecule has 0 aliphatic rings. The number of methoxy groups -OCH3 is 1. The van der Waals surface area contributed by atoms with Crippen molar-refractivity contribution in [1.29, 1.82) is 0 Å². The number of Topliss-reactive ketones (excluding diaryl/α,β-unsaturated/α-hetero) is 1. The molecule has 4 heteroatoms. The van der Waals surface area contributed by atoms with Crippen molar-refractivity contribution < 1.29 is 14.3 Å². The number of hydrogen-bond donors (Lipinski definition) is 0. The standard InChI is InChI=1S/C14H15NO3/c1-8-5-9(2)12-10(6-8)11(7-15(12)3)13(16)14(17)18-4/h5-7H,1-4H3. The van der Waals surface area contributed by atoms with Gasteiger partial charge in [0.15, 0.2) is 0 Å². The number of aryl methyl sites for hydroxylation is 3. The number of hydrogen-bond acceptors (Lipinski definition) is 3. The van der Waals surface area contributed by atoms with Crippen molar-refractivity contribution in [2.24, 2.45) is 7.05 Å². The summed E-state index contributed by atoms with van der Waals surface area (Å²) in [6.07, 6.45) is 1.68. The van der Waals surface area contributed by atoms with Crippen LogP contribution in [0.3, 0.4) is 0 Å². The van der Waals surface area contributed by atoms with Crippen LogP contribution in [0.2, 0.25) is 0 Å². The number of ether oxygens (including phenoxy) is 1. The molecule has 2 aromatic rings. The predicted molar refractivity (Wildman–Crippen MR) is 68.7 cm³/mol. The fourth-order valence-electron chi connectivity index (χ4n) is 2.34. The maximum absolute atomic E-state index is 11.9. The van der Waals surface area contributed by atoms with E-state index in [1.54, 1.807) is 6.20 Å². The first kappa shape index (κ1) is 12.4. The first-order chi connectivity index (χ1) is 8.45. The molecule has 1 aromatic heterocycles. The Labute approximate surface area is 105 Å². The summed E-state index contributed by atoms with van der Waals surface area (Å²) in [5.74, 6) is -1.44. The van der Waals surface area contributed by atoms with E-state index in [1.807, 2.05) is 31.5 Å². The topological polar surface area (TPSA) is 48.3 Å². The van der Waals surface area contributed by atoms with Gasteiger partial charge < -0.3 is 9.30 Å². The van der Waals surface area contributed by atoms with E-state index in [0.29, 0.717) is 5.56 Å². The Hall–Kier alpha value is -2.10. The van der Waals surface area contributed by atoms with Gasteiger partial charge >= 0.3 is 5.97 Å². The molecule has 94 valence electrons. The van der Waals surface area contributed by atoms with Gasteiger partial charge in [0.1, 0.15) is 0 Å². The highest BCUT2D eigenvalue weighted by molar-refractivity contribution is 6.43. The molecule has 1 heterocycles.